The number of hydrogen-bond acceptors (Lipinski definition) is 4. The van der Waals surface area contributed by atoms with E-state index >= 15 is 0 Å². The van der Waals surface area contributed by atoms with Crippen molar-refractivity contribution >= 4 is 44.8 Å². The summed E-state index contributed by atoms with van der Waals surface area (Å²) in [6, 6.07) is 7.91. The number of benzene rings is 1. The van der Waals surface area contributed by atoms with Crippen LogP contribution in [0.25, 0.3) is 6.08 Å². The minimum atomic E-state index is -0.131. The van der Waals surface area contributed by atoms with Gasteiger partial charge in [0.05, 0.1) is 4.91 Å². The SMILES string of the molecule is CN1CCN(C2=NC(=O)/C(=C\c3cccc(Br)c3)S2)CC1. The smallest absolute Gasteiger partial charge is 0.286 e. The van der Waals surface area contributed by atoms with Gasteiger partial charge in [-0.15, -0.1) is 0 Å². The third-order valence-corrected chi connectivity index (χ3v) is 5.07. The molecule has 0 aromatic heterocycles. The predicted molar refractivity (Wildman–Crippen MR) is 91.2 cm³/mol. The molecule has 0 aliphatic carbocycles. The largest absolute Gasteiger partial charge is 0.348 e. The molecule has 1 aromatic carbocycles. The lowest BCUT2D eigenvalue weighted by Gasteiger charge is -2.32. The molecule has 0 saturated carbocycles. The van der Waals surface area contributed by atoms with Gasteiger partial charge in [0.2, 0.25) is 0 Å². The zero-order valence-electron chi connectivity index (χ0n) is 11.8. The number of amidine groups is 1. The summed E-state index contributed by atoms with van der Waals surface area (Å²) in [6.07, 6.45) is 1.91. The molecule has 2 aliphatic heterocycles. The van der Waals surface area contributed by atoms with Gasteiger partial charge in [0.15, 0.2) is 5.17 Å². The van der Waals surface area contributed by atoms with Crippen LogP contribution >= 0.6 is 27.7 Å². The van der Waals surface area contributed by atoms with Gasteiger partial charge in [0.1, 0.15) is 0 Å². The van der Waals surface area contributed by atoms with E-state index < -0.39 is 0 Å². The molecule has 0 radical (unpaired) electrons. The van der Waals surface area contributed by atoms with Gasteiger partial charge in [0.25, 0.3) is 5.91 Å². The first-order chi connectivity index (χ1) is 10.1. The molecule has 1 amide bonds. The zero-order chi connectivity index (χ0) is 14.8. The third-order valence-electron chi connectivity index (χ3n) is 3.53. The van der Waals surface area contributed by atoms with E-state index in [1.165, 1.54) is 11.8 Å². The van der Waals surface area contributed by atoms with Gasteiger partial charge in [-0.05, 0) is 42.6 Å². The molecule has 1 saturated heterocycles. The van der Waals surface area contributed by atoms with E-state index in [0.717, 1.165) is 41.4 Å². The highest BCUT2D eigenvalue weighted by Gasteiger charge is 2.27. The quantitative estimate of drug-likeness (QED) is 0.716. The molecule has 0 bridgehead atoms. The van der Waals surface area contributed by atoms with Crippen molar-refractivity contribution < 1.29 is 4.79 Å². The van der Waals surface area contributed by atoms with Crippen molar-refractivity contribution in [2.75, 3.05) is 33.2 Å². The summed E-state index contributed by atoms with van der Waals surface area (Å²) in [4.78, 5) is 21.4. The average molecular weight is 366 g/mol. The Kier molecular flexibility index (Phi) is 4.47. The summed E-state index contributed by atoms with van der Waals surface area (Å²) in [6.45, 7) is 3.89. The second-order valence-corrected chi connectivity index (χ2v) is 7.08. The van der Waals surface area contributed by atoms with Crippen LogP contribution in [0.1, 0.15) is 5.56 Å². The van der Waals surface area contributed by atoms with Gasteiger partial charge >= 0.3 is 0 Å². The van der Waals surface area contributed by atoms with Crippen LogP contribution in [0, 0.1) is 0 Å². The van der Waals surface area contributed by atoms with Crippen molar-refractivity contribution in [2.45, 2.75) is 0 Å². The second kappa shape index (κ2) is 6.34. The van der Waals surface area contributed by atoms with Gasteiger partial charge in [0, 0.05) is 30.7 Å². The fourth-order valence-electron chi connectivity index (χ4n) is 2.28. The van der Waals surface area contributed by atoms with Crippen molar-refractivity contribution in [1.29, 1.82) is 0 Å². The monoisotopic (exact) mass is 365 g/mol. The molecule has 21 heavy (non-hydrogen) atoms. The van der Waals surface area contributed by atoms with Gasteiger partial charge in [-0.25, -0.2) is 0 Å². The maximum Gasteiger partial charge on any atom is 0.286 e. The molecule has 0 N–H and O–H groups in total. The Morgan fingerprint density at radius 1 is 1.29 bits per heavy atom. The molecule has 0 atom stereocenters. The van der Waals surface area contributed by atoms with E-state index in [0.29, 0.717) is 4.91 Å². The minimum absolute atomic E-state index is 0.131. The van der Waals surface area contributed by atoms with Gasteiger partial charge in [-0.1, -0.05) is 28.1 Å². The number of nitrogens with zero attached hydrogens (tertiary/aromatic N) is 3. The highest BCUT2D eigenvalue weighted by atomic mass is 79.9. The fourth-order valence-corrected chi connectivity index (χ4v) is 3.66. The van der Waals surface area contributed by atoms with Crippen LogP contribution in [-0.2, 0) is 4.79 Å². The highest BCUT2D eigenvalue weighted by molar-refractivity contribution is 9.10. The Balaban J connectivity index is 1.73. The minimum Gasteiger partial charge on any atom is -0.348 e. The Labute approximate surface area is 137 Å². The van der Waals surface area contributed by atoms with Gasteiger partial charge in [-0.3, -0.25) is 4.79 Å². The number of likely N-dealkylation sites (N-methyl/N-ethyl adjacent to an activating group) is 1. The average Bonchev–Trinajstić information content (AvgIpc) is 2.81. The molecule has 2 heterocycles. The van der Waals surface area contributed by atoms with E-state index in [1.807, 2.05) is 30.3 Å². The summed E-state index contributed by atoms with van der Waals surface area (Å²) in [5.41, 5.74) is 1.01. The van der Waals surface area contributed by atoms with E-state index in [9.17, 15) is 4.79 Å². The van der Waals surface area contributed by atoms with E-state index in [2.05, 4.69) is 37.8 Å². The Hall–Kier alpha value is -1.11. The Morgan fingerprint density at radius 3 is 2.76 bits per heavy atom. The molecule has 110 valence electrons. The number of hydrogen-bond donors (Lipinski definition) is 0. The molecular weight excluding hydrogens is 350 g/mol. The topological polar surface area (TPSA) is 35.9 Å². The summed E-state index contributed by atoms with van der Waals surface area (Å²) in [5.74, 6) is -0.131. The molecule has 4 nitrogen and oxygen atoms in total. The summed E-state index contributed by atoms with van der Waals surface area (Å²) in [7, 11) is 2.12. The lowest BCUT2D eigenvalue weighted by Crippen LogP contribution is -2.46. The van der Waals surface area contributed by atoms with Crippen LogP contribution in [0.15, 0.2) is 38.6 Å². The number of amides is 1. The normalized spacial score (nSPS) is 22.0. The van der Waals surface area contributed by atoms with Crippen LogP contribution in [-0.4, -0.2) is 54.1 Å². The summed E-state index contributed by atoms with van der Waals surface area (Å²) in [5, 5.41) is 0.842. The zero-order valence-corrected chi connectivity index (χ0v) is 14.2. The molecule has 0 unspecified atom stereocenters. The number of piperazine rings is 1. The lowest BCUT2D eigenvalue weighted by atomic mass is 10.2. The molecule has 1 fully saturated rings. The first-order valence-corrected chi connectivity index (χ1v) is 8.44. The van der Waals surface area contributed by atoms with Crippen molar-refractivity contribution in [1.82, 2.24) is 9.80 Å². The Morgan fingerprint density at radius 2 is 2.05 bits per heavy atom. The van der Waals surface area contributed by atoms with E-state index in [1.54, 1.807) is 0 Å². The van der Waals surface area contributed by atoms with E-state index in [-0.39, 0.29) is 5.91 Å². The van der Waals surface area contributed by atoms with Gasteiger partial charge < -0.3 is 9.80 Å². The van der Waals surface area contributed by atoms with Crippen molar-refractivity contribution in [2.24, 2.45) is 4.99 Å². The number of halogens is 1. The number of carbonyl (C=O) groups excluding carboxylic acids is 1. The van der Waals surface area contributed by atoms with Crippen LogP contribution in [0.3, 0.4) is 0 Å². The van der Waals surface area contributed by atoms with Crippen molar-refractivity contribution in [3.63, 3.8) is 0 Å². The van der Waals surface area contributed by atoms with Crippen molar-refractivity contribution in [3.8, 4) is 0 Å². The number of carbonyl (C=O) groups is 1. The van der Waals surface area contributed by atoms with Crippen molar-refractivity contribution in [3.05, 3.63) is 39.2 Å². The Bertz CT molecular complexity index is 621. The summed E-state index contributed by atoms with van der Waals surface area (Å²) < 4.78 is 1.01. The van der Waals surface area contributed by atoms with Crippen LogP contribution < -0.4 is 0 Å². The molecule has 0 spiro atoms. The fraction of sp³-hybridized carbons (Fsp3) is 0.333. The van der Waals surface area contributed by atoms with Crippen LogP contribution in [0.4, 0.5) is 0 Å². The number of thioether (sulfide) groups is 1. The number of aliphatic imine (C=N–C) groups is 1. The predicted octanol–water partition coefficient (Wildman–Crippen LogP) is 2.67. The second-order valence-electron chi connectivity index (χ2n) is 5.16. The van der Waals surface area contributed by atoms with Crippen LogP contribution in [0.5, 0.6) is 0 Å². The first-order valence-electron chi connectivity index (χ1n) is 6.83. The molecule has 6 heteroatoms. The van der Waals surface area contributed by atoms with Gasteiger partial charge in [-0.2, -0.15) is 4.99 Å². The molecule has 3 rings (SSSR count). The van der Waals surface area contributed by atoms with E-state index in [4.69, 9.17) is 0 Å². The first kappa shape index (κ1) is 14.8. The van der Waals surface area contributed by atoms with Crippen LogP contribution in [0.2, 0.25) is 0 Å². The molecular formula is C15H16BrN3OS. The standard InChI is InChI=1S/C15H16BrN3OS/c1-18-5-7-19(8-6-18)15-17-14(20)13(21-15)10-11-3-2-4-12(16)9-11/h2-4,9-10H,5-8H2,1H3/b13-10+. The maximum absolute atomic E-state index is 12.1. The molecule has 2 aliphatic rings. The third kappa shape index (κ3) is 3.56. The number of rotatable bonds is 1. The molecule has 1 aromatic rings. The lowest BCUT2D eigenvalue weighted by molar-refractivity contribution is -0.113. The highest BCUT2D eigenvalue weighted by Crippen LogP contribution is 2.30. The maximum atomic E-state index is 12.1. The summed E-state index contributed by atoms with van der Waals surface area (Å²) >= 11 is 4.93.